The molecule has 5 heteroatoms. The van der Waals surface area contributed by atoms with Crippen molar-refractivity contribution in [3.05, 3.63) is 0 Å². The quantitative estimate of drug-likeness (QED) is 0.732. The summed E-state index contributed by atoms with van der Waals surface area (Å²) in [6.45, 7) is 1.09. The van der Waals surface area contributed by atoms with Gasteiger partial charge in [-0.1, -0.05) is 19.3 Å². The van der Waals surface area contributed by atoms with E-state index >= 15 is 0 Å². The molecule has 2 saturated heterocycles. The van der Waals surface area contributed by atoms with Crippen molar-refractivity contribution < 1.29 is 14.4 Å². The van der Waals surface area contributed by atoms with Gasteiger partial charge in [0.25, 0.3) is 0 Å². The van der Waals surface area contributed by atoms with Gasteiger partial charge in [-0.25, -0.2) is 0 Å². The summed E-state index contributed by atoms with van der Waals surface area (Å²) in [7, 11) is 0. The van der Waals surface area contributed by atoms with E-state index in [0.717, 1.165) is 0 Å². The van der Waals surface area contributed by atoms with E-state index in [1.807, 2.05) is 0 Å². The van der Waals surface area contributed by atoms with Crippen molar-refractivity contribution in [3.8, 4) is 0 Å². The number of hydrogen-bond donors (Lipinski definition) is 0. The highest BCUT2D eigenvalue weighted by atomic mass is 16.2. The number of carbonyl (C=O) groups excluding carboxylic acids is 3. The van der Waals surface area contributed by atoms with Crippen molar-refractivity contribution in [1.29, 1.82) is 0 Å². The van der Waals surface area contributed by atoms with E-state index in [1.54, 1.807) is 4.90 Å². The number of nitrogens with zero attached hydrogens (tertiary/aromatic N) is 2. The molecule has 0 atom stereocenters. The Morgan fingerprint density at radius 3 is 2.20 bits per heavy atom. The SMILES string of the molecule is O=C(CC1CCCCC1)N1CC(N2C(=O)CCC2=O)C1. The van der Waals surface area contributed by atoms with Crippen molar-refractivity contribution in [1.82, 2.24) is 9.80 Å². The molecule has 3 fully saturated rings. The van der Waals surface area contributed by atoms with Crippen LogP contribution in [-0.2, 0) is 14.4 Å². The highest BCUT2D eigenvalue weighted by Gasteiger charge is 2.42. The molecule has 3 amide bonds. The van der Waals surface area contributed by atoms with E-state index in [0.29, 0.717) is 38.3 Å². The minimum Gasteiger partial charge on any atom is -0.338 e. The summed E-state index contributed by atoms with van der Waals surface area (Å²) < 4.78 is 0. The lowest BCUT2D eigenvalue weighted by Gasteiger charge is -2.43. The molecule has 0 unspecified atom stereocenters. The second-order valence-corrected chi connectivity index (χ2v) is 6.32. The van der Waals surface area contributed by atoms with Gasteiger partial charge in [0, 0.05) is 32.4 Å². The van der Waals surface area contributed by atoms with Gasteiger partial charge in [-0.15, -0.1) is 0 Å². The van der Waals surface area contributed by atoms with Crippen molar-refractivity contribution in [2.24, 2.45) is 5.92 Å². The third-order valence-corrected chi connectivity index (χ3v) is 4.86. The Morgan fingerprint density at radius 2 is 1.60 bits per heavy atom. The first-order chi connectivity index (χ1) is 9.65. The zero-order valence-electron chi connectivity index (χ0n) is 11.8. The maximum Gasteiger partial charge on any atom is 0.230 e. The summed E-state index contributed by atoms with van der Waals surface area (Å²) in [5.74, 6) is 0.608. The largest absolute Gasteiger partial charge is 0.338 e. The van der Waals surface area contributed by atoms with Gasteiger partial charge in [0.15, 0.2) is 0 Å². The molecule has 1 aliphatic carbocycles. The molecule has 1 saturated carbocycles. The van der Waals surface area contributed by atoms with Gasteiger partial charge in [-0.2, -0.15) is 0 Å². The predicted molar refractivity (Wildman–Crippen MR) is 72.6 cm³/mol. The summed E-state index contributed by atoms with van der Waals surface area (Å²) in [6.07, 6.45) is 7.47. The predicted octanol–water partition coefficient (Wildman–Crippen LogP) is 1.32. The van der Waals surface area contributed by atoms with Crippen molar-refractivity contribution in [3.63, 3.8) is 0 Å². The van der Waals surface area contributed by atoms with Gasteiger partial charge < -0.3 is 4.90 Å². The molecule has 0 aromatic carbocycles. The summed E-state index contributed by atoms with van der Waals surface area (Å²) in [5, 5.41) is 0. The molecule has 5 nitrogen and oxygen atoms in total. The summed E-state index contributed by atoms with van der Waals surface area (Å²) in [4.78, 5) is 38.6. The molecular formula is C15H22N2O3. The highest BCUT2D eigenvalue weighted by Crippen LogP contribution is 2.29. The van der Waals surface area contributed by atoms with Crippen molar-refractivity contribution >= 4 is 17.7 Å². The van der Waals surface area contributed by atoms with E-state index in [1.165, 1.54) is 37.0 Å². The van der Waals surface area contributed by atoms with Gasteiger partial charge in [0.05, 0.1) is 6.04 Å². The number of rotatable bonds is 3. The normalized spacial score (nSPS) is 25.2. The molecule has 0 aromatic heterocycles. The summed E-state index contributed by atoms with van der Waals surface area (Å²) in [6, 6.07) is -0.0622. The zero-order chi connectivity index (χ0) is 14.1. The average molecular weight is 278 g/mol. The maximum atomic E-state index is 12.2. The number of hydrogen-bond acceptors (Lipinski definition) is 3. The minimum absolute atomic E-state index is 0.0622. The van der Waals surface area contributed by atoms with Crippen molar-refractivity contribution in [2.45, 2.75) is 57.4 Å². The zero-order valence-corrected chi connectivity index (χ0v) is 11.8. The van der Waals surface area contributed by atoms with Crippen molar-refractivity contribution in [2.75, 3.05) is 13.1 Å². The smallest absolute Gasteiger partial charge is 0.230 e. The van der Waals surface area contributed by atoms with Crippen LogP contribution in [0.2, 0.25) is 0 Å². The average Bonchev–Trinajstić information content (AvgIpc) is 2.70. The van der Waals surface area contributed by atoms with E-state index in [4.69, 9.17) is 0 Å². The van der Waals surface area contributed by atoms with Crippen LogP contribution in [0.1, 0.15) is 51.4 Å². The fraction of sp³-hybridized carbons (Fsp3) is 0.800. The number of imide groups is 1. The Labute approximate surface area is 119 Å². The first-order valence-electron chi connectivity index (χ1n) is 7.78. The molecule has 2 heterocycles. The van der Waals surface area contributed by atoms with Crippen LogP contribution < -0.4 is 0 Å². The fourth-order valence-electron chi connectivity index (χ4n) is 3.59. The lowest BCUT2D eigenvalue weighted by Crippen LogP contribution is -2.62. The van der Waals surface area contributed by atoms with E-state index < -0.39 is 0 Å². The van der Waals surface area contributed by atoms with Crippen LogP contribution in [0, 0.1) is 5.92 Å². The van der Waals surface area contributed by atoms with Gasteiger partial charge in [-0.3, -0.25) is 19.3 Å². The number of amides is 3. The third kappa shape index (κ3) is 2.58. The Bertz CT molecular complexity index is 407. The van der Waals surface area contributed by atoms with Gasteiger partial charge in [-0.05, 0) is 18.8 Å². The molecule has 20 heavy (non-hydrogen) atoms. The molecule has 3 rings (SSSR count). The molecule has 0 aromatic rings. The molecule has 2 aliphatic heterocycles. The summed E-state index contributed by atoms with van der Waals surface area (Å²) in [5.41, 5.74) is 0. The van der Waals surface area contributed by atoms with Crippen LogP contribution in [0.3, 0.4) is 0 Å². The van der Waals surface area contributed by atoms with Crippen LogP contribution in [0.5, 0.6) is 0 Å². The Kier molecular flexibility index (Phi) is 3.76. The maximum absolute atomic E-state index is 12.2. The Hall–Kier alpha value is -1.39. The molecule has 0 N–H and O–H groups in total. The second kappa shape index (κ2) is 5.54. The van der Waals surface area contributed by atoms with Gasteiger partial charge in [0.2, 0.25) is 17.7 Å². The van der Waals surface area contributed by atoms with Crippen LogP contribution in [0.25, 0.3) is 0 Å². The standard InChI is InChI=1S/C15H22N2O3/c18-13-6-7-14(19)17(13)12-9-16(10-12)15(20)8-11-4-2-1-3-5-11/h11-12H,1-10H2. The Balaban J connectivity index is 1.46. The van der Waals surface area contributed by atoms with Crippen LogP contribution in [0.4, 0.5) is 0 Å². The number of carbonyl (C=O) groups is 3. The highest BCUT2D eigenvalue weighted by molar-refractivity contribution is 6.02. The lowest BCUT2D eigenvalue weighted by atomic mass is 9.86. The molecule has 3 aliphatic rings. The Morgan fingerprint density at radius 1 is 1.00 bits per heavy atom. The minimum atomic E-state index is -0.0700. The topological polar surface area (TPSA) is 57.7 Å². The van der Waals surface area contributed by atoms with Gasteiger partial charge in [0.1, 0.15) is 0 Å². The monoisotopic (exact) mass is 278 g/mol. The van der Waals surface area contributed by atoms with Crippen LogP contribution >= 0.6 is 0 Å². The van der Waals surface area contributed by atoms with Crippen LogP contribution in [-0.4, -0.2) is 46.7 Å². The van der Waals surface area contributed by atoms with E-state index in [-0.39, 0.29) is 23.8 Å². The molecule has 0 spiro atoms. The first kappa shape index (κ1) is 13.6. The van der Waals surface area contributed by atoms with E-state index in [9.17, 15) is 14.4 Å². The third-order valence-electron chi connectivity index (χ3n) is 4.86. The van der Waals surface area contributed by atoms with Gasteiger partial charge >= 0.3 is 0 Å². The second-order valence-electron chi connectivity index (χ2n) is 6.32. The molecule has 0 radical (unpaired) electrons. The first-order valence-corrected chi connectivity index (χ1v) is 7.78. The fourth-order valence-corrected chi connectivity index (χ4v) is 3.59. The molecular weight excluding hydrogens is 256 g/mol. The van der Waals surface area contributed by atoms with E-state index in [2.05, 4.69) is 0 Å². The molecule has 0 bridgehead atoms. The van der Waals surface area contributed by atoms with Crippen LogP contribution in [0.15, 0.2) is 0 Å². The molecule has 110 valence electrons. The lowest BCUT2D eigenvalue weighted by molar-refractivity contribution is -0.152. The number of likely N-dealkylation sites (tertiary alicyclic amines) is 2. The summed E-state index contributed by atoms with van der Waals surface area (Å²) >= 11 is 0.